The Labute approximate surface area is 180 Å². The second kappa shape index (κ2) is 9.53. The summed E-state index contributed by atoms with van der Waals surface area (Å²) in [5.41, 5.74) is 2.17. The Balaban J connectivity index is 1.39. The van der Waals surface area contributed by atoms with Crippen LogP contribution >= 0.6 is 0 Å². The molecule has 0 saturated carbocycles. The number of nitrogens with one attached hydrogen (secondary N) is 3. The summed E-state index contributed by atoms with van der Waals surface area (Å²) >= 11 is 0. The number of carbonyl (C=O) groups is 1. The van der Waals surface area contributed by atoms with Crippen molar-refractivity contribution >= 4 is 29.0 Å². The predicted molar refractivity (Wildman–Crippen MR) is 119 cm³/mol. The summed E-state index contributed by atoms with van der Waals surface area (Å²) in [4.78, 5) is 23.4. The minimum absolute atomic E-state index is 0.0493. The molecule has 31 heavy (non-hydrogen) atoms. The number of hydrogen-bond donors (Lipinski definition) is 3. The Morgan fingerprint density at radius 2 is 1.74 bits per heavy atom. The van der Waals surface area contributed by atoms with E-state index in [9.17, 15) is 9.18 Å². The SMILES string of the molecule is CNC1CCCN(C(=O)c2ccc(Nc3nccc(Nc4ccc(F)cc4)n3)cc2)C1. The van der Waals surface area contributed by atoms with E-state index in [1.54, 1.807) is 24.4 Å². The summed E-state index contributed by atoms with van der Waals surface area (Å²) in [7, 11) is 1.94. The largest absolute Gasteiger partial charge is 0.340 e. The molecule has 1 fully saturated rings. The minimum atomic E-state index is -0.292. The van der Waals surface area contributed by atoms with Crippen molar-refractivity contribution in [2.24, 2.45) is 0 Å². The number of rotatable bonds is 6. The molecule has 3 N–H and O–H groups in total. The van der Waals surface area contributed by atoms with Gasteiger partial charge >= 0.3 is 0 Å². The van der Waals surface area contributed by atoms with Crippen LogP contribution in [0.25, 0.3) is 0 Å². The number of likely N-dealkylation sites (N-methyl/N-ethyl adjacent to an activating group) is 1. The Bertz CT molecular complexity index is 1020. The lowest BCUT2D eigenvalue weighted by Gasteiger charge is -2.32. The van der Waals surface area contributed by atoms with Crippen LogP contribution in [0.5, 0.6) is 0 Å². The number of halogens is 1. The summed E-state index contributed by atoms with van der Waals surface area (Å²) < 4.78 is 13.1. The fourth-order valence-electron chi connectivity index (χ4n) is 3.57. The van der Waals surface area contributed by atoms with Gasteiger partial charge in [-0.1, -0.05) is 0 Å². The first-order valence-electron chi connectivity index (χ1n) is 10.3. The first-order chi connectivity index (χ1) is 15.1. The summed E-state index contributed by atoms with van der Waals surface area (Å²) in [6, 6.07) is 15.4. The van der Waals surface area contributed by atoms with Crippen LogP contribution in [-0.2, 0) is 0 Å². The van der Waals surface area contributed by atoms with E-state index in [0.717, 1.165) is 37.3 Å². The lowest BCUT2D eigenvalue weighted by Crippen LogP contribution is -2.46. The fourth-order valence-corrected chi connectivity index (χ4v) is 3.57. The Morgan fingerprint density at radius 3 is 2.48 bits per heavy atom. The molecule has 2 aromatic carbocycles. The van der Waals surface area contributed by atoms with Crippen molar-refractivity contribution in [3.8, 4) is 0 Å². The van der Waals surface area contributed by atoms with Crippen LogP contribution < -0.4 is 16.0 Å². The van der Waals surface area contributed by atoms with Crippen LogP contribution in [0.3, 0.4) is 0 Å². The molecule has 0 aliphatic carbocycles. The zero-order chi connectivity index (χ0) is 21.6. The Hall–Kier alpha value is -3.52. The lowest BCUT2D eigenvalue weighted by atomic mass is 10.0. The highest BCUT2D eigenvalue weighted by atomic mass is 19.1. The van der Waals surface area contributed by atoms with Crippen molar-refractivity contribution in [1.82, 2.24) is 20.2 Å². The number of benzene rings is 2. The van der Waals surface area contributed by atoms with E-state index in [1.807, 2.05) is 36.2 Å². The number of carbonyl (C=O) groups excluding carboxylic acids is 1. The molecule has 7 nitrogen and oxygen atoms in total. The quantitative estimate of drug-likeness (QED) is 0.561. The summed E-state index contributed by atoms with van der Waals surface area (Å²) in [5, 5.41) is 9.52. The van der Waals surface area contributed by atoms with Gasteiger partial charge in [-0.25, -0.2) is 9.37 Å². The molecule has 4 rings (SSSR count). The average Bonchev–Trinajstić information content (AvgIpc) is 2.81. The van der Waals surface area contributed by atoms with Gasteiger partial charge in [-0.05, 0) is 74.5 Å². The third-order valence-corrected chi connectivity index (χ3v) is 5.28. The molecule has 8 heteroatoms. The van der Waals surface area contributed by atoms with E-state index < -0.39 is 0 Å². The number of piperidine rings is 1. The molecule has 1 aliphatic heterocycles. The zero-order valence-electron chi connectivity index (χ0n) is 17.3. The standard InChI is InChI=1S/C23H25FN6O/c1-25-20-3-2-14-30(15-20)22(31)16-4-8-19(9-5-16)28-23-26-13-12-21(29-23)27-18-10-6-17(24)7-11-18/h4-13,20,25H,2-3,14-15H2,1H3,(H2,26,27,28,29). The number of nitrogens with zero attached hydrogens (tertiary/aromatic N) is 3. The molecular formula is C23H25FN6O. The molecule has 2 heterocycles. The smallest absolute Gasteiger partial charge is 0.253 e. The zero-order valence-corrected chi connectivity index (χ0v) is 17.3. The van der Waals surface area contributed by atoms with Gasteiger partial charge in [0.05, 0.1) is 0 Å². The van der Waals surface area contributed by atoms with Crippen LogP contribution in [0.2, 0.25) is 0 Å². The van der Waals surface area contributed by atoms with Crippen LogP contribution in [-0.4, -0.2) is 47.0 Å². The predicted octanol–water partition coefficient (Wildman–Crippen LogP) is 3.93. The third kappa shape index (κ3) is 5.35. The second-order valence-corrected chi connectivity index (χ2v) is 7.48. The maximum Gasteiger partial charge on any atom is 0.253 e. The van der Waals surface area contributed by atoms with Gasteiger partial charge in [0.15, 0.2) is 0 Å². The van der Waals surface area contributed by atoms with Crippen molar-refractivity contribution in [2.75, 3.05) is 30.8 Å². The first-order valence-corrected chi connectivity index (χ1v) is 10.3. The van der Waals surface area contributed by atoms with Gasteiger partial charge in [0.2, 0.25) is 5.95 Å². The fraction of sp³-hybridized carbons (Fsp3) is 0.261. The Kier molecular flexibility index (Phi) is 6.37. The maximum atomic E-state index is 13.1. The van der Waals surface area contributed by atoms with Gasteiger partial charge in [0.25, 0.3) is 5.91 Å². The summed E-state index contributed by atoms with van der Waals surface area (Å²) in [5.74, 6) is 0.757. The molecule has 160 valence electrons. The Morgan fingerprint density at radius 1 is 1.03 bits per heavy atom. The normalized spacial score (nSPS) is 16.1. The van der Waals surface area contributed by atoms with Crippen molar-refractivity contribution < 1.29 is 9.18 Å². The molecule has 0 radical (unpaired) electrons. The van der Waals surface area contributed by atoms with Crippen molar-refractivity contribution in [3.63, 3.8) is 0 Å². The maximum absolute atomic E-state index is 13.1. The monoisotopic (exact) mass is 420 g/mol. The van der Waals surface area contributed by atoms with Crippen molar-refractivity contribution in [1.29, 1.82) is 0 Å². The third-order valence-electron chi connectivity index (χ3n) is 5.28. The summed E-state index contributed by atoms with van der Waals surface area (Å²) in [6.07, 6.45) is 3.74. The summed E-state index contributed by atoms with van der Waals surface area (Å²) in [6.45, 7) is 1.52. The lowest BCUT2D eigenvalue weighted by molar-refractivity contribution is 0.0698. The topological polar surface area (TPSA) is 82.2 Å². The van der Waals surface area contributed by atoms with Gasteiger partial charge in [-0.15, -0.1) is 0 Å². The van der Waals surface area contributed by atoms with Crippen LogP contribution in [0, 0.1) is 5.82 Å². The second-order valence-electron chi connectivity index (χ2n) is 7.48. The van der Waals surface area contributed by atoms with Crippen molar-refractivity contribution in [3.05, 3.63) is 72.2 Å². The number of hydrogen-bond acceptors (Lipinski definition) is 6. The van der Waals surface area contributed by atoms with Gasteiger partial charge in [-0.3, -0.25) is 4.79 Å². The molecule has 1 amide bonds. The highest BCUT2D eigenvalue weighted by Gasteiger charge is 2.23. The first kappa shape index (κ1) is 20.7. The number of aromatic nitrogens is 2. The molecule has 1 atom stereocenters. The van der Waals surface area contributed by atoms with Gasteiger partial charge in [-0.2, -0.15) is 4.98 Å². The van der Waals surface area contributed by atoms with Gasteiger partial charge in [0, 0.05) is 42.3 Å². The van der Waals surface area contributed by atoms with Crippen LogP contribution in [0.15, 0.2) is 60.8 Å². The van der Waals surface area contributed by atoms with E-state index in [4.69, 9.17) is 0 Å². The van der Waals surface area contributed by atoms with Gasteiger partial charge < -0.3 is 20.9 Å². The number of likely N-dealkylation sites (tertiary alicyclic amines) is 1. The van der Waals surface area contributed by atoms with E-state index in [2.05, 4.69) is 25.9 Å². The molecule has 0 bridgehead atoms. The van der Waals surface area contributed by atoms with E-state index >= 15 is 0 Å². The van der Waals surface area contributed by atoms with Crippen LogP contribution in [0.4, 0.5) is 27.5 Å². The van der Waals surface area contributed by atoms with E-state index in [-0.39, 0.29) is 11.7 Å². The average molecular weight is 420 g/mol. The molecule has 0 spiro atoms. The molecular weight excluding hydrogens is 395 g/mol. The molecule has 1 aliphatic rings. The van der Waals surface area contributed by atoms with Crippen LogP contribution in [0.1, 0.15) is 23.2 Å². The molecule has 3 aromatic rings. The van der Waals surface area contributed by atoms with Crippen molar-refractivity contribution in [2.45, 2.75) is 18.9 Å². The minimum Gasteiger partial charge on any atom is -0.340 e. The van der Waals surface area contributed by atoms with E-state index in [0.29, 0.717) is 23.4 Å². The van der Waals surface area contributed by atoms with E-state index in [1.165, 1.54) is 12.1 Å². The molecule has 1 aromatic heterocycles. The molecule has 1 unspecified atom stereocenters. The molecule has 1 saturated heterocycles. The highest BCUT2D eigenvalue weighted by Crippen LogP contribution is 2.20. The highest BCUT2D eigenvalue weighted by molar-refractivity contribution is 5.94. The van der Waals surface area contributed by atoms with Gasteiger partial charge in [0.1, 0.15) is 11.6 Å². The number of amides is 1. The number of anilines is 4.